The number of carbonyl (C=O) groups is 1. The first kappa shape index (κ1) is 16.8. The summed E-state index contributed by atoms with van der Waals surface area (Å²) in [5, 5.41) is 13.4. The number of anilines is 1. The lowest BCUT2D eigenvalue weighted by atomic mass is 10.2. The predicted molar refractivity (Wildman–Crippen MR) is 93.2 cm³/mol. The van der Waals surface area contributed by atoms with Crippen molar-refractivity contribution in [3.8, 4) is 11.5 Å². The number of amides is 1. The highest BCUT2D eigenvalue weighted by Crippen LogP contribution is 2.31. The van der Waals surface area contributed by atoms with Crippen molar-refractivity contribution < 1.29 is 19.2 Å². The Morgan fingerprint density at radius 3 is 2.68 bits per heavy atom. The zero-order valence-corrected chi connectivity index (χ0v) is 13.7. The van der Waals surface area contributed by atoms with Crippen LogP contribution in [0.3, 0.4) is 0 Å². The summed E-state index contributed by atoms with van der Waals surface area (Å²) in [6, 6.07) is 9.40. The highest BCUT2D eigenvalue weighted by atomic mass is 35.5. The normalized spacial score (nSPS) is 12.8. The molecule has 0 fully saturated rings. The summed E-state index contributed by atoms with van der Waals surface area (Å²) < 4.78 is 10.9. The Labute approximate surface area is 148 Å². The maximum Gasteiger partial charge on any atom is 0.289 e. The second-order valence-electron chi connectivity index (χ2n) is 5.15. The zero-order valence-electron chi connectivity index (χ0n) is 12.9. The maximum atomic E-state index is 12.0. The van der Waals surface area contributed by atoms with Crippen LogP contribution in [0.25, 0.3) is 6.08 Å². The van der Waals surface area contributed by atoms with Gasteiger partial charge in [-0.15, -0.1) is 0 Å². The number of benzene rings is 2. The van der Waals surface area contributed by atoms with Gasteiger partial charge in [-0.05, 0) is 35.9 Å². The van der Waals surface area contributed by atoms with Gasteiger partial charge in [-0.2, -0.15) is 0 Å². The van der Waals surface area contributed by atoms with Gasteiger partial charge in [-0.1, -0.05) is 17.7 Å². The van der Waals surface area contributed by atoms with Gasteiger partial charge in [-0.3, -0.25) is 14.9 Å². The molecule has 1 aliphatic rings. The van der Waals surface area contributed by atoms with Crippen LogP contribution in [0.1, 0.15) is 5.56 Å². The molecule has 0 bridgehead atoms. The zero-order chi connectivity index (χ0) is 17.8. The topological polar surface area (TPSA) is 90.7 Å². The Morgan fingerprint density at radius 2 is 1.92 bits per heavy atom. The molecule has 1 amide bonds. The Kier molecular flexibility index (Phi) is 4.85. The number of nitro benzene ring substituents is 1. The number of carbonyl (C=O) groups excluding carboxylic acids is 1. The first-order valence-electron chi connectivity index (χ1n) is 7.35. The van der Waals surface area contributed by atoms with E-state index >= 15 is 0 Å². The first-order chi connectivity index (χ1) is 12.0. The quantitative estimate of drug-likeness (QED) is 0.510. The predicted octanol–water partition coefficient (Wildman–Crippen LogP) is 3.67. The van der Waals surface area contributed by atoms with E-state index in [9.17, 15) is 14.9 Å². The van der Waals surface area contributed by atoms with Crippen molar-refractivity contribution >= 4 is 35.0 Å². The van der Waals surface area contributed by atoms with Gasteiger partial charge in [0.1, 0.15) is 18.2 Å². The first-order valence-corrected chi connectivity index (χ1v) is 7.73. The molecule has 25 heavy (non-hydrogen) atoms. The van der Waals surface area contributed by atoms with Gasteiger partial charge in [0.2, 0.25) is 5.91 Å². The summed E-state index contributed by atoms with van der Waals surface area (Å²) in [7, 11) is 0. The molecule has 2 aromatic rings. The Bertz CT molecular complexity index is 866. The number of nitro groups is 1. The van der Waals surface area contributed by atoms with Crippen LogP contribution in [-0.2, 0) is 4.79 Å². The molecule has 0 saturated carbocycles. The Balaban J connectivity index is 1.69. The molecule has 0 saturated heterocycles. The van der Waals surface area contributed by atoms with Gasteiger partial charge in [0.25, 0.3) is 5.69 Å². The van der Waals surface area contributed by atoms with E-state index in [1.165, 1.54) is 24.3 Å². The molecule has 3 rings (SSSR count). The molecule has 0 spiro atoms. The molecule has 0 radical (unpaired) electrons. The molecule has 8 heteroatoms. The van der Waals surface area contributed by atoms with Crippen molar-refractivity contribution in [1.29, 1.82) is 0 Å². The van der Waals surface area contributed by atoms with E-state index in [1.807, 2.05) is 0 Å². The van der Waals surface area contributed by atoms with Gasteiger partial charge in [0.15, 0.2) is 11.5 Å². The average molecular weight is 361 g/mol. The second kappa shape index (κ2) is 7.23. The number of rotatable bonds is 4. The van der Waals surface area contributed by atoms with Crippen LogP contribution in [0.4, 0.5) is 11.4 Å². The Hall–Kier alpha value is -3.06. The van der Waals surface area contributed by atoms with E-state index in [0.29, 0.717) is 24.7 Å². The molecular formula is C17H13ClN2O5. The van der Waals surface area contributed by atoms with Crippen LogP contribution < -0.4 is 14.8 Å². The molecule has 0 aromatic heterocycles. The number of hydrogen-bond acceptors (Lipinski definition) is 5. The molecule has 7 nitrogen and oxygen atoms in total. The minimum absolute atomic E-state index is 0.00909. The van der Waals surface area contributed by atoms with Crippen molar-refractivity contribution in [3.63, 3.8) is 0 Å². The second-order valence-corrected chi connectivity index (χ2v) is 5.56. The fourth-order valence-electron chi connectivity index (χ4n) is 2.25. The van der Waals surface area contributed by atoms with Crippen molar-refractivity contribution in [2.45, 2.75) is 0 Å². The maximum absolute atomic E-state index is 12.0. The van der Waals surface area contributed by atoms with Crippen molar-refractivity contribution in [1.82, 2.24) is 0 Å². The third kappa shape index (κ3) is 4.07. The third-order valence-corrected chi connectivity index (χ3v) is 3.72. The lowest BCUT2D eigenvalue weighted by Gasteiger charge is -2.18. The van der Waals surface area contributed by atoms with Crippen LogP contribution in [0, 0.1) is 10.1 Å². The summed E-state index contributed by atoms with van der Waals surface area (Å²) in [5.74, 6) is 0.870. The lowest BCUT2D eigenvalue weighted by Crippen LogP contribution is -2.15. The van der Waals surface area contributed by atoms with Crippen LogP contribution >= 0.6 is 11.6 Å². The monoisotopic (exact) mass is 360 g/mol. The van der Waals surface area contributed by atoms with Gasteiger partial charge in [0.05, 0.1) is 4.92 Å². The number of nitrogens with zero attached hydrogens (tertiary/aromatic N) is 1. The summed E-state index contributed by atoms with van der Waals surface area (Å²) in [5.41, 5.74) is 0.782. The van der Waals surface area contributed by atoms with Crippen LogP contribution in [0.2, 0.25) is 5.02 Å². The van der Waals surface area contributed by atoms with E-state index in [0.717, 1.165) is 5.56 Å². The molecule has 128 valence electrons. The van der Waals surface area contributed by atoms with E-state index in [4.69, 9.17) is 21.1 Å². The summed E-state index contributed by atoms with van der Waals surface area (Å²) >= 11 is 5.74. The summed E-state index contributed by atoms with van der Waals surface area (Å²) in [4.78, 5) is 22.2. The van der Waals surface area contributed by atoms with E-state index in [2.05, 4.69) is 5.32 Å². The van der Waals surface area contributed by atoms with Crippen molar-refractivity contribution in [2.24, 2.45) is 0 Å². The van der Waals surface area contributed by atoms with Crippen LogP contribution in [0.5, 0.6) is 11.5 Å². The SMILES string of the molecule is O=C(/C=C/c1ccc2c(c1)OCCO2)Nc1ccc(Cl)c([N+](=O)[O-])c1. The van der Waals surface area contributed by atoms with Gasteiger partial charge < -0.3 is 14.8 Å². The smallest absolute Gasteiger partial charge is 0.289 e. The van der Waals surface area contributed by atoms with Crippen molar-refractivity contribution in [3.05, 3.63) is 63.2 Å². The molecule has 0 aliphatic carbocycles. The van der Waals surface area contributed by atoms with E-state index in [1.54, 1.807) is 24.3 Å². The number of fused-ring (bicyclic) bond motifs is 1. The number of halogens is 1. The standard InChI is InChI=1S/C17H13ClN2O5/c18-13-4-3-12(10-14(13)20(22)23)19-17(21)6-2-11-1-5-15-16(9-11)25-8-7-24-15/h1-6,9-10H,7-8H2,(H,19,21)/b6-2+. The fraction of sp³-hybridized carbons (Fsp3) is 0.118. The highest BCUT2D eigenvalue weighted by Gasteiger charge is 2.13. The molecule has 2 aromatic carbocycles. The lowest BCUT2D eigenvalue weighted by molar-refractivity contribution is -0.384. The fourth-order valence-corrected chi connectivity index (χ4v) is 2.44. The molecule has 1 aliphatic heterocycles. The molecule has 0 unspecified atom stereocenters. The average Bonchev–Trinajstić information content (AvgIpc) is 2.61. The highest BCUT2D eigenvalue weighted by molar-refractivity contribution is 6.32. The minimum atomic E-state index is -0.608. The third-order valence-electron chi connectivity index (χ3n) is 3.40. The molecule has 0 atom stereocenters. The number of hydrogen-bond donors (Lipinski definition) is 1. The van der Waals surface area contributed by atoms with Gasteiger partial charge >= 0.3 is 0 Å². The molecule has 1 heterocycles. The van der Waals surface area contributed by atoms with Crippen molar-refractivity contribution in [2.75, 3.05) is 18.5 Å². The summed E-state index contributed by atoms with van der Waals surface area (Å²) in [6.45, 7) is 0.994. The van der Waals surface area contributed by atoms with Gasteiger partial charge in [-0.25, -0.2) is 0 Å². The largest absolute Gasteiger partial charge is 0.486 e. The van der Waals surface area contributed by atoms with E-state index < -0.39 is 10.8 Å². The Morgan fingerprint density at radius 1 is 1.16 bits per heavy atom. The summed E-state index contributed by atoms with van der Waals surface area (Å²) in [6.07, 6.45) is 2.93. The number of nitrogens with one attached hydrogen (secondary N) is 1. The minimum Gasteiger partial charge on any atom is -0.486 e. The van der Waals surface area contributed by atoms with Gasteiger partial charge in [0, 0.05) is 17.8 Å². The van der Waals surface area contributed by atoms with Crippen LogP contribution in [0.15, 0.2) is 42.5 Å². The molecular weight excluding hydrogens is 348 g/mol. The van der Waals surface area contributed by atoms with Crippen LogP contribution in [-0.4, -0.2) is 24.0 Å². The number of ether oxygens (including phenoxy) is 2. The van der Waals surface area contributed by atoms with E-state index in [-0.39, 0.29) is 16.4 Å². The molecule has 1 N–H and O–H groups in total.